The van der Waals surface area contributed by atoms with Gasteiger partial charge in [-0.25, -0.2) is 0 Å². The van der Waals surface area contributed by atoms with Gasteiger partial charge in [0.25, 0.3) is 0 Å². The van der Waals surface area contributed by atoms with Crippen molar-refractivity contribution in [1.29, 1.82) is 10.5 Å². The zero-order valence-corrected chi connectivity index (χ0v) is 40.5. The van der Waals surface area contributed by atoms with E-state index in [9.17, 15) is 10.5 Å². The molecule has 5 nitrogen and oxygen atoms in total. The van der Waals surface area contributed by atoms with Crippen LogP contribution in [0.2, 0.25) is 0 Å². The van der Waals surface area contributed by atoms with E-state index in [0.29, 0.717) is 18.4 Å². The predicted octanol–water partition coefficient (Wildman–Crippen LogP) is 15.0. The summed E-state index contributed by atoms with van der Waals surface area (Å²) in [7, 11) is -3.75. The van der Waals surface area contributed by atoms with Gasteiger partial charge >= 0.3 is 7.32 Å². The Morgan fingerprint density at radius 2 is 0.815 bits per heavy atom. The molecule has 7 heteroatoms. The molecule has 0 aromatic heterocycles. The molecule has 0 heterocycles. The number of nitrogens with zero attached hydrogens (tertiary/aromatic N) is 2. The maximum atomic E-state index is 10.2. The van der Waals surface area contributed by atoms with Crippen molar-refractivity contribution in [2.75, 3.05) is 5.75 Å². The Kier molecular flexibility index (Phi) is 16.5. The lowest BCUT2D eigenvalue weighted by Gasteiger charge is -2.43. The minimum Gasteiger partial charge on any atom is -0.383 e. The summed E-state index contributed by atoms with van der Waals surface area (Å²) in [6.07, 6.45) is 0.672. The third-order valence-corrected chi connectivity index (χ3v) is 15.5. The van der Waals surface area contributed by atoms with Crippen LogP contribution in [-0.2, 0) is 24.2 Å². The van der Waals surface area contributed by atoms with Gasteiger partial charge in [0.1, 0.15) is 17.7 Å². The molecule has 0 saturated heterocycles. The molecule has 0 N–H and O–H groups in total. The first-order chi connectivity index (χ1) is 31.1. The SMILES string of the molecule is CC(CS(OB(OC(C)CC(c1ccccc1)c1ccccc1)OC(C)CC(c1ccccc1)c1ccccc1)(c1ccc(C(C)(C)C)cc1)c1ccc(C(C)(C)C)cc1)=C(C#N)C#N. The largest absolute Gasteiger partial charge is 0.650 e. The monoisotopic (exact) mass is 880 g/mol. The van der Waals surface area contributed by atoms with E-state index in [2.05, 4.69) is 213 Å². The molecule has 6 aromatic rings. The van der Waals surface area contributed by atoms with Crippen LogP contribution in [0.25, 0.3) is 0 Å². The molecule has 334 valence electrons. The topological polar surface area (TPSA) is 75.3 Å². The molecular formula is C58H65BN2O3S. The number of allylic oxidation sites excluding steroid dienone is 1. The maximum Gasteiger partial charge on any atom is 0.650 e. The molecule has 0 aliphatic rings. The average Bonchev–Trinajstić information content (AvgIpc) is 3.30. The van der Waals surface area contributed by atoms with E-state index in [0.717, 1.165) is 9.79 Å². The standard InChI is InChI=1S/C58H65BN2O3S/c1-43(50(40-60)41-61)42-65(53-34-30-51(31-35-53)57(4,5)6,54-36-32-52(33-37-54)58(7,8)9)64-59(62-44(2)38-55(46-22-14-10-15-23-46)47-24-16-11-17-25-47)63-45(3)39-56(48-26-18-12-19-27-48)49-28-20-13-21-29-49/h10-37,44-45,55-56H,38-39,42H2,1-9H3. The third kappa shape index (κ3) is 12.8. The zero-order chi connectivity index (χ0) is 46.6. The average molecular weight is 881 g/mol. The number of hydrogen-bond donors (Lipinski definition) is 0. The summed E-state index contributed by atoms with van der Waals surface area (Å²) < 4.78 is 22.0. The van der Waals surface area contributed by atoms with Crippen molar-refractivity contribution in [3.8, 4) is 12.1 Å². The van der Waals surface area contributed by atoms with Gasteiger partial charge in [-0.2, -0.15) is 10.5 Å². The number of nitriles is 2. The molecule has 0 bridgehead atoms. The maximum absolute atomic E-state index is 10.2. The Labute approximate surface area is 391 Å². The first kappa shape index (κ1) is 48.8. The summed E-state index contributed by atoms with van der Waals surface area (Å²) in [5.74, 6) is 0.390. The van der Waals surface area contributed by atoms with E-state index >= 15 is 0 Å². The van der Waals surface area contributed by atoms with Crippen molar-refractivity contribution >= 4 is 17.6 Å². The molecule has 0 spiro atoms. The molecule has 0 amide bonds. The highest BCUT2D eigenvalue weighted by molar-refractivity contribution is 8.30. The lowest BCUT2D eigenvalue weighted by molar-refractivity contribution is 0.0664. The van der Waals surface area contributed by atoms with Gasteiger partial charge in [0.05, 0.1) is 0 Å². The summed E-state index contributed by atoms with van der Waals surface area (Å²) in [5.41, 5.74) is 7.73. The second-order valence-electron chi connectivity index (χ2n) is 19.2. The van der Waals surface area contributed by atoms with Crippen molar-refractivity contribution in [1.82, 2.24) is 0 Å². The second-order valence-corrected chi connectivity index (χ2v) is 22.0. The fraction of sp³-hybridized carbons (Fsp3) is 0.310. The summed E-state index contributed by atoms with van der Waals surface area (Å²) in [6.45, 7) is 19.3. The molecule has 6 rings (SSSR count). The van der Waals surface area contributed by atoms with Crippen molar-refractivity contribution < 1.29 is 13.4 Å². The Balaban J connectivity index is 1.50. The summed E-state index contributed by atoms with van der Waals surface area (Å²) in [6, 6.07) is 64.0. The van der Waals surface area contributed by atoms with Crippen LogP contribution in [0.3, 0.4) is 0 Å². The van der Waals surface area contributed by atoms with Gasteiger partial charge in [-0.3, -0.25) is 0 Å². The van der Waals surface area contributed by atoms with Crippen molar-refractivity contribution in [3.63, 3.8) is 0 Å². The Morgan fingerprint density at radius 1 is 0.508 bits per heavy atom. The van der Waals surface area contributed by atoms with Gasteiger partial charge in [-0.1, -0.05) is 197 Å². The number of hydrogen-bond acceptors (Lipinski definition) is 5. The van der Waals surface area contributed by atoms with E-state index in [1.54, 1.807) is 0 Å². The molecular weight excluding hydrogens is 816 g/mol. The molecule has 0 aliphatic carbocycles. The summed E-state index contributed by atoms with van der Waals surface area (Å²) in [5, 5.41) is 20.5. The molecule has 65 heavy (non-hydrogen) atoms. The molecule has 0 fully saturated rings. The Bertz CT molecular complexity index is 2280. The van der Waals surface area contributed by atoms with E-state index in [1.165, 1.54) is 33.4 Å². The molecule has 0 radical (unpaired) electrons. The molecule has 6 aromatic carbocycles. The first-order valence-electron chi connectivity index (χ1n) is 22.8. The van der Waals surface area contributed by atoms with E-state index in [1.807, 2.05) is 31.2 Å². The Morgan fingerprint density at radius 3 is 1.09 bits per heavy atom. The van der Waals surface area contributed by atoms with Crippen LogP contribution in [0.15, 0.2) is 191 Å². The lowest BCUT2D eigenvalue weighted by atomic mass is 9.86. The van der Waals surface area contributed by atoms with E-state index in [-0.39, 0.29) is 46.2 Å². The van der Waals surface area contributed by atoms with Gasteiger partial charge in [0, 0.05) is 39.6 Å². The van der Waals surface area contributed by atoms with Crippen LogP contribution in [0, 0.1) is 22.7 Å². The predicted molar refractivity (Wildman–Crippen MR) is 270 cm³/mol. The van der Waals surface area contributed by atoms with Crippen molar-refractivity contribution in [2.24, 2.45) is 0 Å². The van der Waals surface area contributed by atoms with Crippen molar-refractivity contribution in [3.05, 3.63) is 214 Å². The van der Waals surface area contributed by atoms with Crippen molar-refractivity contribution in [2.45, 2.75) is 120 Å². The molecule has 2 atom stereocenters. The summed E-state index contributed by atoms with van der Waals surface area (Å²) in [4.78, 5) is 1.89. The third-order valence-electron chi connectivity index (χ3n) is 12.1. The molecule has 0 saturated carbocycles. The highest BCUT2D eigenvalue weighted by Gasteiger charge is 2.41. The van der Waals surface area contributed by atoms with Crippen LogP contribution in [0.4, 0.5) is 0 Å². The normalized spacial score (nSPS) is 13.1. The number of rotatable bonds is 18. The van der Waals surface area contributed by atoms with Crippen LogP contribution >= 0.6 is 10.3 Å². The smallest absolute Gasteiger partial charge is 0.383 e. The van der Waals surface area contributed by atoms with Gasteiger partial charge < -0.3 is 13.4 Å². The zero-order valence-electron chi connectivity index (χ0n) is 39.7. The second kappa shape index (κ2) is 22.0. The quantitative estimate of drug-likeness (QED) is 0.0635. The minimum atomic E-state index is -2.61. The molecule has 0 aliphatic heterocycles. The molecule has 2 unspecified atom stereocenters. The summed E-state index contributed by atoms with van der Waals surface area (Å²) >= 11 is 0. The first-order valence-corrected chi connectivity index (χ1v) is 24.5. The van der Waals surface area contributed by atoms with Crippen LogP contribution in [0.1, 0.15) is 120 Å². The van der Waals surface area contributed by atoms with E-state index < -0.39 is 17.6 Å². The highest BCUT2D eigenvalue weighted by atomic mass is 32.3. The fourth-order valence-electron chi connectivity index (χ4n) is 8.43. The van der Waals surface area contributed by atoms with Gasteiger partial charge in [-0.15, -0.1) is 0 Å². The van der Waals surface area contributed by atoms with Gasteiger partial charge in [-0.05, 0) is 108 Å². The van der Waals surface area contributed by atoms with E-state index in [4.69, 9.17) is 13.4 Å². The number of benzene rings is 6. The van der Waals surface area contributed by atoms with Crippen LogP contribution in [0.5, 0.6) is 0 Å². The van der Waals surface area contributed by atoms with Gasteiger partial charge in [0.2, 0.25) is 0 Å². The lowest BCUT2D eigenvalue weighted by Crippen LogP contribution is -2.37. The Hall–Kier alpha value is -5.67. The van der Waals surface area contributed by atoms with Crippen LogP contribution < -0.4 is 0 Å². The van der Waals surface area contributed by atoms with Gasteiger partial charge in [0.15, 0.2) is 0 Å². The highest BCUT2D eigenvalue weighted by Crippen LogP contribution is 2.65. The fourth-order valence-corrected chi connectivity index (χ4v) is 11.6. The van der Waals surface area contributed by atoms with Crippen LogP contribution in [-0.4, -0.2) is 25.3 Å². The minimum absolute atomic E-state index is 0.0528.